The Labute approximate surface area is 205 Å². The third kappa shape index (κ3) is 6.43. The number of ether oxygens (including phenoxy) is 2. The minimum absolute atomic E-state index is 0.00628. The Balaban J connectivity index is 1.60. The molecule has 1 aliphatic heterocycles. The Bertz CT molecular complexity index is 1160. The summed E-state index contributed by atoms with van der Waals surface area (Å²) in [5.41, 5.74) is 1.94. The van der Waals surface area contributed by atoms with E-state index in [1.807, 2.05) is 44.2 Å². The van der Waals surface area contributed by atoms with Gasteiger partial charge in [-0.1, -0.05) is 18.2 Å². The number of carbonyl (C=O) groups is 1. The number of aromatic nitrogens is 3. The van der Waals surface area contributed by atoms with Gasteiger partial charge in [0.25, 0.3) is 0 Å². The van der Waals surface area contributed by atoms with E-state index in [-0.39, 0.29) is 30.1 Å². The van der Waals surface area contributed by atoms with Crippen molar-refractivity contribution >= 4 is 5.91 Å². The molecule has 2 heterocycles. The van der Waals surface area contributed by atoms with E-state index in [2.05, 4.69) is 20.3 Å². The van der Waals surface area contributed by atoms with Gasteiger partial charge >= 0.3 is 0 Å². The highest BCUT2D eigenvalue weighted by molar-refractivity contribution is 5.77. The third-order valence-electron chi connectivity index (χ3n) is 5.84. The monoisotopic (exact) mass is 481 g/mol. The molecule has 0 bridgehead atoms. The van der Waals surface area contributed by atoms with Crippen LogP contribution in [-0.4, -0.2) is 71.6 Å². The van der Waals surface area contributed by atoms with Crippen molar-refractivity contribution in [1.29, 1.82) is 0 Å². The molecule has 0 aliphatic carbocycles. The number of rotatable bonds is 9. The highest BCUT2D eigenvalue weighted by Crippen LogP contribution is 2.27. The van der Waals surface area contributed by atoms with Gasteiger partial charge in [0.15, 0.2) is 11.6 Å². The zero-order valence-electron chi connectivity index (χ0n) is 20.5. The Kier molecular flexibility index (Phi) is 8.09. The van der Waals surface area contributed by atoms with E-state index in [1.54, 1.807) is 19.2 Å². The molecule has 4 rings (SSSR count). The summed E-state index contributed by atoms with van der Waals surface area (Å²) in [5, 5.41) is 7.37. The van der Waals surface area contributed by atoms with Crippen molar-refractivity contribution in [2.75, 3.05) is 40.0 Å². The van der Waals surface area contributed by atoms with E-state index in [9.17, 15) is 4.79 Å². The summed E-state index contributed by atoms with van der Waals surface area (Å²) in [7, 11) is 1.58. The molecule has 0 spiro atoms. The Morgan fingerprint density at radius 1 is 1.20 bits per heavy atom. The maximum absolute atomic E-state index is 15.2. The summed E-state index contributed by atoms with van der Waals surface area (Å²) in [6, 6.07) is 12.5. The van der Waals surface area contributed by atoms with Crippen LogP contribution in [0, 0.1) is 5.82 Å². The second-order valence-electron chi connectivity index (χ2n) is 8.89. The van der Waals surface area contributed by atoms with E-state index in [4.69, 9.17) is 9.47 Å². The molecule has 3 aromatic rings. The van der Waals surface area contributed by atoms with Crippen LogP contribution in [0.25, 0.3) is 22.8 Å². The molecular weight excluding hydrogens is 449 g/mol. The van der Waals surface area contributed by atoms with E-state index >= 15 is 4.39 Å². The number of benzene rings is 2. The van der Waals surface area contributed by atoms with Gasteiger partial charge in [-0.2, -0.15) is 0 Å². The molecule has 1 amide bonds. The van der Waals surface area contributed by atoms with Gasteiger partial charge in [-0.05, 0) is 50.1 Å². The van der Waals surface area contributed by atoms with Crippen LogP contribution < -0.4 is 10.1 Å². The van der Waals surface area contributed by atoms with Crippen LogP contribution in [0.15, 0.2) is 42.5 Å². The van der Waals surface area contributed by atoms with E-state index < -0.39 is 0 Å². The molecule has 186 valence electrons. The fourth-order valence-electron chi connectivity index (χ4n) is 4.05. The summed E-state index contributed by atoms with van der Waals surface area (Å²) >= 11 is 0. The zero-order valence-corrected chi connectivity index (χ0v) is 20.5. The van der Waals surface area contributed by atoms with Crippen LogP contribution >= 0.6 is 0 Å². The molecule has 1 N–H and O–H groups in total. The van der Waals surface area contributed by atoms with Crippen molar-refractivity contribution < 1.29 is 18.7 Å². The van der Waals surface area contributed by atoms with Gasteiger partial charge in [0.05, 0.1) is 25.9 Å². The Morgan fingerprint density at radius 2 is 2.00 bits per heavy atom. The van der Waals surface area contributed by atoms with Gasteiger partial charge in [-0.25, -0.2) is 14.1 Å². The van der Waals surface area contributed by atoms with Gasteiger partial charge in [0.2, 0.25) is 5.91 Å². The molecule has 1 aliphatic rings. The number of carbonyl (C=O) groups excluding carboxylic acids is 1. The van der Waals surface area contributed by atoms with Crippen LogP contribution in [0.1, 0.15) is 19.4 Å². The second kappa shape index (κ2) is 11.4. The number of halogens is 1. The minimum atomic E-state index is -0.384. The zero-order chi connectivity index (χ0) is 24.8. The van der Waals surface area contributed by atoms with Gasteiger partial charge < -0.3 is 14.8 Å². The first-order valence-corrected chi connectivity index (χ1v) is 11.9. The third-order valence-corrected chi connectivity index (χ3v) is 5.84. The van der Waals surface area contributed by atoms with E-state index in [1.165, 1.54) is 4.68 Å². The van der Waals surface area contributed by atoms with Crippen LogP contribution in [0.3, 0.4) is 0 Å². The van der Waals surface area contributed by atoms with Gasteiger partial charge in [0, 0.05) is 31.2 Å². The van der Waals surface area contributed by atoms with Crippen LogP contribution in [0.4, 0.5) is 4.39 Å². The van der Waals surface area contributed by atoms with Crippen molar-refractivity contribution in [3.05, 3.63) is 53.8 Å². The maximum atomic E-state index is 15.2. The normalized spacial score (nSPS) is 14.3. The lowest BCUT2D eigenvalue weighted by Gasteiger charge is -2.26. The smallest absolute Gasteiger partial charge is 0.242 e. The van der Waals surface area contributed by atoms with Crippen molar-refractivity contribution in [3.8, 4) is 28.5 Å². The summed E-state index contributed by atoms with van der Waals surface area (Å²) < 4.78 is 27.4. The topological polar surface area (TPSA) is 81.5 Å². The number of hydrogen-bond acceptors (Lipinski definition) is 6. The average Bonchev–Trinajstić information content (AvgIpc) is 3.26. The molecule has 1 saturated heterocycles. The number of hydrogen-bond donors (Lipinski definition) is 1. The second-order valence-corrected chi connectivity index (χ2v) is 8.89. The van der Waals surface area contributed by atoms with Gasteiger partial charge in [-0.3, -0.25) is 9.69 Å². The lowest BCUT2D eigenvalue weighted by molar-refractivity contribution is -0.122. The maximum Gasteiger partial charge on any atom is 0.242 e. The molecule has 0 unspecified atom stereocenters. The molecule has 9 heteroatoms. The first-order valence-electron chi connectivity index (χ1n) is 11.9. The number of morpholine rings is 1. The first kappa shape index (κ1) is 24.8. The standard InChI is InChI=1S/C26H32FN5O3/c1-18(2)28-24(33)17-32-26(20-5-4-6-21(16-20)34-3)29-25(30-32)22-8-7-19(15-23(22)27)9-10-31-11-13-35-14-12-31/h4-8,15-16,18H,9-14,17H2,1-3H3,(H,28,33). The molecule has 1 aromatic heterocycles. The number of methoxy groups -OCH3 is 1. The summed E-state index contributed by atoms with van der Waals surface area (Å²) in [5.74, 6) is 0.775. The van der Waals surface area contributed by atoms with Crippen LogP contribution in [0.2, 0.25) is 0 Å². The molecule has 2 aromatic carbocycles. The largest absolute Gasteiger partial charge is 0.497 e. The lowest BCUT2D eigenvalue weighted by atomic mass is 10.1. The summed E-state index contributed by atoms with van der Waals surface area (Å²) in [6.07, 6.45) is 0.753. The molecule has 0 atom stereocenters. The summed E-state index contributed by atoms with van der Waals surface area (Å²) in [4.78, 5) is 19.4. The molecule has 0 saturated carbocycles. The number of amides is 1. The van der Waals surface area contributed by atoms with Crippen molar-refractivity contribution in [1.82, 2.24) is 25.0 Å². The predicted molar refractivity (Wildman–Crippen MR) is 132 cm³/mol. The van der Waals surface area contributed by atoms with Crippen molar-refractivity contribution in [3.63, 3.8) is 0 Å². The lowest BCUT2D eigenvalue weighted by Crippen LogP contribution is -2.37. The van der Waals surface area contributed by atoms with Crippen LogP contribution in [-0.2, 0) is 22.5 Å². The quantitative estimate of drug-likeness (QED) is 0.506. The number of nitrogens with one attached hydrogen (secondary N) is 1. The molecule has 35 heavy (non-hydrogen) atoms. The van der Waals surface area contributed by atoms with E-state index in [0.717, 1.165) is 50.4 Å². The van der Waals surface area contributed by atoms with Crippen molar-refractivity contribution in [2.45, 2.75) is 32.9 Å². The van der Waals surface area contributed by atoms with Crippen LogP contribution in [0.5, 0.6) is 5.75 Å². The predicted octanol–water partition coefficient (Wildman–Crippen LogP) is 3.16. The fourth-order valence-corrected chi connectivity index (χ4v) is 4.05. The molecule has 1 fully saturated rings. The average molecular weight is 482 g/mol. The molecule has 8 nitrogen and oxygen atoms in total. The molecule has 0 radical (unpaired) electrons. The summed E-state index contributed by atoms with van der Waals surface area (Å²) in [6.45, 7) is 7.90. The number of nitrogens with zero attached hydrogens (tertiary/aromatic N) is 4. The highest BCUT2D eigenvalue weighted by Gasteiger charge is 2.19. The van der Waals surface area contributed by atoms with E-state index in [0.29, 0.717) is 17.1 Å². The van der Waals surface area contributed by atoms with Gasteiger partial charge in [-0.15, -0.1) is 5.10 Å². The van der Waals surface area contributed by atoms with Crippen molar-refractivity contribution in [2.24, 2.45) is 0 Å². The fraction of sp³-hybridized carbons (Fsp3) is 0.423. The SMILES string of the molecule is COc1cccc(-c2nc(-c3ccc(CCN4CCOCC4)cc3F)nn2CC(=O)NC(C)C)c1. The Morgan fingerprint density at radius 3 is 2.71 bits per heavy atom. The van der Waals surface area contributed by atoms with Gasteiger partial charge in [0.1, 0.15) is 18.1 Å². The minimum Gasteiger partial charge on any atom is -0.497 e. The highest BCUT2D eigenvalue weighted by atomic mass is 19.1. The molecular formula is C26H32FN5O3. The Hall–Kier alpha value is -3.30. The first-order chi connectivity index (χ1) is 16.9.